The lowest BCUT2D eigenvalue weighted by molar-refractivity contribution is -0.131. The number of rotatable bonds is 6. The van der Waals surface area contributed by atoms with Crippen LogP contribution in [0.2, 0.25) is 0 Å². The summed E-state index contributed by atoms with van der Waals surface area (Å²) in [7, 11) is 1.81. The zero-order valence-corrected chi connectivity index (χ0v) is 12.7. The Morgan fingerprint density at radius 1 is 1.33 bits per heavy atom. The van der Waals surface area contributed by atoms with Gasteiger partial charge < -0.3 is 20.6 Å². The molecule has 21 heavy (non-hydrogen) atoms. The summed E-state index contributed by atoms with van der Waals surface area (Å²) < 4.78 is 0. The first-order chi connectivity index (χ1) is 10.1. The first kappa shape index (κ1) is 15.8. The number of phenolic OH excluding ortho intramolecular Hbond substituents is 1. The molecule has 0 aromatic heterocycles. The third kappa shape index (κ3) is 4.72. The molecule has 1 unspecified atom stereocenters. The van der Waals surface area contributed by atoms with Crippen LogP contribution < -0.4 is 5.73 Å². The molecule has 1 saturated heterocycles. The molecule has 1 amide bonds. The van der Waals surface area contributed by atoms with Gasteiger partial charge in [-0.2, -0.15) is 0 Å². The Hall–Kier alpha value is -1.59. The van der Waals surface area contributed by atoms with Crippen molar-refractivity contribution < 1.29 is 9.90 Å². The number of carbonyl (C=O) groups is 1. The number of carbonyl (C=O) groups excluding carboxylic acids is 1. The van der Waals surface area contributed by atoms with Gasteiger partial charge in [0.15, 0.2) is 0 Å². The molecule has 1 aromatic rings. The number of amides is 1. The second-order valence-electron chi connectivity index (χ2n) is 5.79. The standard InChI is InChI=1S/C16H25N3O2/c1-18(10-11-19-8-2-3-9-19)16(21)15(17)12-13-4-6-14(20)7-5-13/h4-7,15,20H,2-3,8-12,17H2,1H3. The molecular weight excluding hydrogens is 266 g/mol. The van der Waals surface area contributed by atoms with Crippen molar-refractivity contribution >= 4 is 5.91 Å². The molecule has 0 radical (unpaired) electrons. The minimum atomic E-state index is -0.530. The number of benzene rings is 1. The minimum absolute atomic E-state index is 0.0257. The number of aromatic hydroxyl groups is 1. The molecule has 1 fully saturated rings. The molecule has 1 aliphatic rings. The minimum Gasteiger partial charge on any atom is -0.508 e. The van der Waals surface area contributed by atoms with Crippen LogP contribution in [0.25, 0.3) is 0 Å². The molecule has 0 spiro atoms. The maximum Gasteiger partial charge on any atom is 0.239 e. The van der Waals surface area contributed by atoms with E-state index in [1.54, 1.807) is 29.2 Å². The number of nitrogens with zero attached hydrogens (tertiary/aromatic N) is 2. The number of phenols is 1. The van der Waals surface area contributed by atoms with Gasteiger partial charge in [0.1, 0.15) is 5.75 Å². The Kier molecular flexibility index (Phi) is 5.59. The lowest BCUT2D eigenvalue weighted by Gasteiger charge is -2.24. The van der Waals surface area contributed by atoms with Gasteiger partial charge in [0, 0.05) is 20.1 Å². The van der Waals surface area contributed by atoms with E-state index in [4.69, 9.17) is 5.73 Å². The number of likely N-dealkylation sites (tertiary alicyclic amines) is 1. The molecule has 0 bridgehead atoms. The number of hydrogen-bond acceptors (Lipinski definition) is 4. The maximum absolute atomic E-state index is 12.3. The van der Waals surface area contributed by atoms with Crippen molar-refractivity contribution in [1.29, 1.82) is 0 Å². The quantitative estimate of drug-likeness (QED) is 0.814. The van der Waals surface area contributed by atoms with Gasteiger partial charge >= 0.3 is 0 Å². The zero-order valence-electron chi connectivity index (χ0n) is 12.7. The Balaban J connectivity index is 1.78. The molecule has 5 nitrogen and oxygen atoms in total. The van der Waals surface area contributed by atoms with E-state index in [0.717, 1.165) is 31.7 Å². The van der Waals surface area contributed by atoms with Crippen molar-refractivity contribution in [2.75, 3.05) is 33.2 Å². The molecule has 1 aliphatic heterocycles. The van der Waals surface area contributed by atoms with Crippen LogP contribution in [0.3, 0.4) is 0 Å². The van der Waals surface area contributed by atoms with Gasteiger partial charge in [-0.25, -0.2) is 0 Å². The zero-order chi connectivity index (χ0) is 15.2. The van der Waals surface area contributed by atoms with Gasteiger partial charge in [0.2, 0.25) is 5.91 Å². The van der Waals surface area contributed by atoms with E-state index in [2.05, 4.69) is 4.90 Å². The van der Waals surface area contributed by atoms with E-state index in [1.165, 1.54) is 12.8 Å². The molecule has 5 heteroatoms. The fraction of sp³-hybridized carbons (Fsp3) is 0.562. The predicted molar refractivity (Wildman–Crippen MR) is 83.1 cm³/mol. The SMILES string of the molecule is CN(CCN1CCCC1)C(=O)C(N)Cc1ccc(O)cc1. The largest absolute Gasteiger partial charge is 0.508 e. The number of likely N-dealkylation sites (N-methyl/N-ethyl adjacent to an activating group) is 1. The lowest BCUT2D eigenvalue weighted by Crippen LogP contribution is -2.45. The second-order valence-corrected chi connectivity index (χ2v) is 5.79. The molecule has 2 rings (SSSR count). The highest BCUT2D eigenvalue weighted by atomic mass is 16.3. The summed E-state index contributed by atoms with van der Waals surface area (Å²) in [5, 5.41) is 9.25. The summed E-state index contributed by atoms with van der Waals surface area (Å²) in [6.07, 6.45) is 3.02. The Bertz CT molecular complexity index is 455. The second kappa shape index (κ2) is 7.43. The van der Waals surface area contributed by atoms with Gasteiger partial charge in [-0.3, -0.25) is 4.79 Å². The normalized spacial score (nSPS) is 16.9. The van der Waals surface area contributed by atoms with E-state index in [1.807, 2.05) is 7.05 Å². The van der Waals surface area contributed by atoms with Crippen LogP contribution in [0.5, 0.6) is 5.75 Å². The summed E-state index contributed by atoms with van der Waals surface area (Å²) in [5.41, 5.74) is 6.96. The highest BCUT2D eigenvalue weighted by Crippen LogP contribution is 2.11. The average Bonchev–Trinajstić information content (AvgIpc) is 2.99. The van der Waals surface area contributed by atoms with E-state index >= 15 is 0 Å². The van der Waals surface area contributed by atoms with Crippen molar-refractivity contribution in [2.24, 2.45) is 5.73 Å². The van der Waals surface area contributed by atoms with Crippen LogP contribution in [0.1, 0.15) is 18.4 Å². The van der Waals surface area contributed by atoms with E-state index in [-0.39, 0.29) is 11.7 Å². The maximum atomic E-state index is 12.3. The summed E-state index contributed by atoms with van der Waals surface area (Å²) in [6.45, 7) is 3.93. The van der Waals surface area contributed by atoms with Crippen LogP contribution in [-0.4, -0.2) is 60.1 Å². The highest BCUT2D eigenvalue weighted by molar-refractivity contribution is 5.81. The number of nitrogens with two attached hydrogens (primary N) is 1. The van der Waals surface area contributed by atoms with Crippen LogP contribution in [-0.2, 0) is 11.2 Å². The van der Waals surface area contributed by atoms with Crippen molar-refractivity contribution in [3.05, 3.63) is 29.8 Å². The summed E-state index contributed by atoms with van der Waals surface area (Å²) in [4.78, 5) is 16.4. The highest BCUT2D eigenvalue weighted by Gasteiger charge is 2.19. The topological polar surface area (TPSA) is 69.8 Å². The molecular formula is C16H25N3O2. The Morgan fingerprint density at radius 2 is 1.95 bits per heavy atom. The third-order valence-corrected chi connectivity index (χ3v) is 4.04. The lowest BCUT2D eigenvalue weighted by atomic mass is 10.1. The Morgan fingerprint density at radius 3 is 2.57 bits per heavy atom. The average molecular weight is 291 g/mol. The van der Waals surface area contributed by atoms with E-state index in [9.17, 15) is 9.90 Å². The van der Waals surface area contributed by atoms with Gasteiger partial charge in [0.25, 0.3) is 0 Å². The first-order valence-corrected chi connectivity index (χ1v) is 7.57. The van der Waals surface area contributed by atoms with Gasteiger partial charge in [-0.1, -0.05) is 12.1 Å². The molecule has 0 aliphatic carbocycles. The predicted octanol–water partition coefficient (Wildman–Crippen LogP) is 0.816. The van der Waals surface area contributed by atoms with E-state index < -0.39 is 6.04 Å². The fourth-order valence-corrected chi connectivity index (χ4v) is 2.66. The summed E-state index contributed by atoms with van der Waals surface area (Å²) >= 11 is 0. The van der Waals surface area contributed by atoms with Crippen molar-refractivity contribution in [1.82, 2.24) is 9.80 Å². The van der Waals surface area contributed by atoms with Gasteiger partial charge in [-0.15, -0.1) is 0 Å². The van der Waals surface area contributed by atoms with Crippen LogP contribution in [0.4, 0.5) is 0 Å². The molecule has 116 valence electrons. The third-order valence-electron chi connectivity index (χ3n) is 4.04. The summed E-state index contributed by atoms with van der Waals surface area (Å²) in [5.74, 6) is 0.198. The monoisotopic (exact) mass is 291 g/mol. The van der Waals surface area contributed by atoms with Crippen LogP contribution >= 0.6 is 0 Å². The fourth-order valence-electron chi connectivity index (χ4n) is 2.66. The van der Waals surface area contributed by atoms with Gasteiger partial charge in [0.05, 0.1) is 6.04 Å². The smallest absolute Gasteiger partial charge is 0.239 e. The van der Waals surface area contributed by atoms with Gasteiger partial charge in [-0.05, 0) is 50.0 Å². The Labute approximate surface area is 126 Å². The van der Waals surface area contributed by atoms with Crippen molar-refractivity contribution in [3.8, 4) is 5.75 Å². The number of hydrogen-bond donors (Lipinski definition) is 2. The van der Waals surface area contributed by atoms with E-state index in [0.29, 0.717) is 6.42 Å². The van der Waals surface area contributed by atoms with Crippen LogP contribution in [0.15, 0.2) is 24.3 Å². The van der Waals surface area contributed by atoms with Crippen molar-refractivity contribution in [2.45, 2.75) is 25.3 Å². The summed E-state index contributed by atoms with van der Waals surface area (Å²) in [6, 6.07) is 6.30. The molecule has 1 atom stereocenters. The van der Waals surface area contributed by atoms with Crippen molar-refractivity contribution in [3.63, 3.8) is 0 Å². The molecule has 1 heterocycles. The van der Waals surface area contributed by atoms with Crippen LogP contribution in [0, 0.1) is 0 Å². The molecule has 1 aromatic carbocycles. The first-order valence-electron chi connectivity index (χ1n) is 7.57. The molecule has 0 saturated carbocycles. The molecule has 3 N–H and O–H groups in total.